The second-order valence-electron chi connectivity index (χ2n) is 12.9. The molecular formula is C34H44O12Si3. The molecule has 49 heavy (non-hydrogen) atoms. The van der Waals surface area contributed by atoms with E-state index in [2.05, 4.69) is 0 Å². The van der Waals surface area contributed by atoms with Gasteiger partial charge in [0, 0.05) is 24.3 Å². The van der Waals surface area contributed by atoms with Gasteiger partial charge in [-0.2, -0.15) is 0 Å². The smallest absolute Gasteiger partial charge is 0.392 e. The van der Waals surface area contributed by atoms with Crippen molar-refractivity contribution in [3.8, 4) is 46.0 Å². The van der Waals surface area contributed by atoms with Crippen LogP contribution < -0.4 is 8.85 Å². The molecule has 0 aliphatic rings. The zero-order valence-corrected chi connectivity index (χ0v) is 31.4. The molecule has 0 atom stereocenters. The van der Waals surface area contributed by atoms with Crippen molar-refractivity contribution in [3.63, 3.8) is 0 Å². The monoisotopic (exact) mass is 728 g/mol. The summed E-state index contributed by atoms with van der Waals surface area (Å²) in [4.78, 5) is 0. The molecule has 264 valence electrons. The minimum Gasteiger partial charge on any atom is -0.520 e. The van der Waals surface area contributed by atoms with Crippen LogP contribution in [0.2, 0.25) is 39.3 Å². The van der Waals surface area contributed by atoms with Crippen LogP contribution in [0.15, 0.2) is 72.8 Å². The fraction of sp³-hybridized carbons (Fsp3) is 0.294. The van der Waals surface area contributed by atoms with Gasteiger partial charge in [0.25, 0.3) is 0 Å². The van der Waals surface area contributed by atoms with Crippen molar-refractivity contribution in [3.05, 3.63) is 95.1 Å². The van der Waals surface area contributed by atoms with Crippen LogP contribution in [0.3, 0.4) is 0 Å². The Morgan fingerprint density at radius 3 is 0.878 bits per heavy atom. The lowest BCUT2D eigenvalue weighted by atomic mass is 10.2. The molecule has 0 saturated heterocycles. The molecule has 0 unspecified atom stereocenters. The summed E-state index contributed by atoms with van der Waals surface area (Å²) in [7, 11) is -8.39. The van der Waals surface area contributed by atoms with E-state index in [1.807, 2.05) is 51.4 Å². The first-order chi connectivity index (χ1) is 22.8. The van der Waals surface area contributed by atoms with Crippen molar-refractivity contribution in [2.24, 2.45) is 0 Å². The fourth-order valence-electron chi connectivity index (χ4n) is 4.75. The Balaban J connectivity index is 1.50. The molecule has 0 aliphatic heterocycles. The van der Waals surface area contributed by atoms with Crippen molar-refractivity contribution in [2.45, 2.75) is 65.7 Å². The number of hydrogen-bond acceptors (Lipinski definition) is 12. The molecule has 6 N–H and O–H groups in total. The Labute approximate surface area is 289 Å². The first-order valence-electron chi connectivity index (χ1n) is 15.5. The van der Waals surface area contributed by atoms with Gasteiger partial charge in [0.1, 0.15) is 46.0 Å². The first-order valence-corrected chi connectivity index (χ1v) is 23.9. The van der Waals surface area contributed by atoms with E-state index in [1.165, 1.54) is 54.6 Å². The number of rotatable bonds is 16. The average Bonchev–Trinajstić information content (AvgIpc) is 2.95. The van der Waals surface area contributed by atoms with Gasteiger partial charge in [0.15, 0.2) is 0 Å². The van der Waals surface area contributed by atoms with E-state index >= 15 is 0 Å². The van der Waals surface area contributed by atoms with Crippen LogP contribution in [0, 0.1) is 0 Å². The molecule has 4 aromatic carbocycles. The van der Waals surface area contributed by atoms with Crippen molar-refractivity contribution in [1.29, 1.82) is 0 Å². The van der Waals surface area contributed by atoms with E-state index in [4.69, 9.17) is 26.6 Å². The van der Waals surface area contributed by atoms with Crippen LogP contribution in [-0.4, -0.2) is 56.3 Å². The summed E-state index contributed by atoms with van der Waals surface area (Å²) >= 11 is 0. The number of aromatic hydroxyl groups is 6. The van der Waals surface area contributed by atoms with E-state index in [-0.39, 0.29) is 60.9 Å². The molecule has 0 saturated carbocycles. The lowest BCUT2D eigenvalue weighted by molar-refractivity contribution is 0.163. The topological polar surface area (TPSA) is 177 Å². The maximum absolute atomic E-state index is 9.84. The second-order valence-corrected chi connectivity index (χ2v) is 22.9. The van der Waals surface area contributed by atoms with E-state index < -0.39 is 25.7 Å². The molecule has 15 heteroatoms. The molecule has 0 fully saturated rings. The van der Waals surface area contributed by atoms with Gasteiger partial charge in [-0.3, -0.25) is 0 Å². The van der Waals surface area contributed by atoms with Crippen molar-refractivity contribution in [1.82, 2.24) is 0 Å². The molecule has 4 rings (SSSR count). The van der Waals surface area contributed by atoms with E-state index in [1.54, 1.807) is 6.07 Å². The maximum atomic E-state index is 9.84. The summed E-state index contributed by atoms with van der Waals surface area (Å²) in [6, 6.07) is 18.2. The molecule has 0 aliphatic carbocycles. The molecule has 12 nitrogen and oxygen atoms in total. The molecule has 0 amide bonds. The van der Waals surface area contributed by atoms with Gasteiger partial charge in [0.05, 0.1) is 26.4 Å². The molecule has 0 spiro atoms. The highest BCUT2D eigenvalue weighted by Gasteiger charge is 2.31. The van der Waals surface area contributed by atoms with Crippen molar-refractivity contribution < 1.29 is 57.2 Å². The number of benzene rings is 4. The zero-order valence-electron chi connectivity index (χ0n) is 28.4. The minimum atomic E-state index is -2.84. The van der Waals surface area contributed by atoms with E-state index in [0.29, 0.717) is 28.2 Å². The van der Waals surface area contributed by atoms with Gasteiger partial charge in [-0.05, 0) is 110 Å². The van der Waals surface area contributed by atoms with Crippen LogP contribution in [0.1, 0.15) is 22.3 Å². The summed E-state index contributed by atoms with van der Waals surface area (Å²) in [6.45, 7) is 11.8. The number of phenolic OH excluding ortho intramolecular Hbond substituents is 6. The third kappa shape index (κ3) is 12.6. The van der Waals surface area contributed by atoms with Gasteiger partial charge < -0.3 is 57.2 Å². The predicted octanol–water partition coefficient (Wildman–Crippen LogP) is 6.95. The van der Waals surface area contributed by atoms with Crippen LogP contribution in [0.4, 0.5) is 0 Å². The summed E-state index contributed by atoms with van der Waals surface area (Å²) in [6.07, 6.45) is 0. The fourth-order valence-corrected chi connectivity index (χ4v) is 8.38. The van der Waals surface area contributed by atoms with Gasteiger partial charge in [-0.1, -0.05) is 0 Å². The molecule has 4 aromatic rings. The maximum Gasteiger partial charge on any atom is 0.392 e. The first kappa shape index (κ1) is 37.6. The van der Waals surface area contributed by atoms with Crippen LogP contribution in [0.5, 0.6) is 46.0 Å². The lowest BCUT2D eigenvalue weighted by Gasteiger charge is -2.28. The van der Waals surface area contributed by atoms with E-state index in [9.17, 15) is 30.6 Å². The molecule has 0 bridgehead atoms. The second kappa shape index (κ2) is 15.5. The number of hydrogen-bond donors (Lipinski definition) is 6. The Morgan fingerprint density at radius 2 is 0.592 bits per heavy atom. The lowest BCUT2D eigenvalue weighted by Crippen LogP contribution is -2.39. The zero-order chi connectivity index (χ0) is 36.0. The van der Waals surface area contributed by atoms with Crippen molar-refractivity contribution >= 4 is 25.7 Å². The van der Waals surface area contributed by atoms with Gasteiger partial charge in [0.2, 0.25) is 0 Å². The standard InChI is InChI=1S/C34H44O12Si3/c1-47(2,41-19-23-7-27(35)15-28(36)8-23)42-22-26-13-33(45-48(3,4)43-20-24-9-29(37)16-30(38)10-24)18-34(14-26)46-49(5,6)44-21-25-11-31(39)17-32(40)12-25/h7-18,35-40H,19-22H2,1-6H3. The van der Waals surface area contributed by atoms with E-state index in [0.717, 1.165) is 5.56 Å². The minimum absolute atomic E-state index is 0.0608. The van der Waals surface area contributed by atoms with Crippen LogP contribution in [-0.2, 0) is 44.1 Å². The van der Waals surface area contributed by atoms with Crippen LogP contribution >= 0.6 is 0 Å². The quantitative estimate of drug-likeness (QED) is 0.0656. The summed E-state index contributed by atoms with van der Waals surface area (Å²) in [5, 5.41) is 59.0. The van der Waals surface area contributed by atoms with Gasteiger partial charge in [-0.15, -0.1) is 0 Å². The Kier molecular flexibility index (Phi) is 11.9. The number of phenols is 6. The Bertz CT molecular complexity index is 1600. The average molecular weight is 729 g/mol. The SMILES string of the molecule is C[Si](C)(OCc1cc(O)cc(O)c1)OCc1cc(O[Si](C)(C)OCc2cc(O)cc(O)c2)cc(O[Si](C)(C)OCc2cc(O)cc(O)c2)c1. The van der Waals surface area contributed by atoms with Crippen LogP contribution in [0.25, 0.3) is 0 Å². The van der Waals surface area contributed by atoms with Gasteiger partial charge >= 0.3 is 25.7 Å². The Hall–Kier alpha value is -4.23. The van der Waals surface area contributed by atoms with Gasteiger partial charge in [-0.25, -0.2) is 0 Å². The normalized spacial score (nSPS) is 12.2. The molecule has 0 radical (unpaired) electrons. The summed E-state index contributed by atoms with van der Waals surface area (Å²) in [5.41, 5.74) is 2.52. The highest BCUT2D eigenvalue weighted by molar-refractivity contribution is 6.66. The summed E-state index contributed by atoms with van der Waals surface area (Å²) < 4.78 is 37.4. The molecule has 0 aromatic heterocycles. The highest BCUT2D eigenvalue weighted by Crippen LogP contribution is 2.31. The molecular weight excluding hydrogens is 685 g/mol. The largest absolute Gasteiger partial charge is 0.520 e. The Morgan fingerprint density at radius 1 is 0.347 bits per heavy atom. The third-order valence-electron chi connectivity index (χ3n) is 6.90. The van der Waals surface area contributed by atoms with Crippen molar-refractivity contribution in [2.75, 3.05) is 0 Å². The highest BCUT2D eigenvalue weighted by atomic mass is 28.4. The summed E-state index contributed by atoms with van der Waals surface area (Å²) in [5.74, 6) is 0.550. The predicted molar refractivity (Wildman–Crippen MR) is 189 cm³/mol. The third-order valence-corrected chi connectivity index (χ3v) is 11.7. The molecule has 0 heterocycles.